The number of ketones is 1. The first-order chi connectivity index (χ1) is 9.80. The smallest absolute Gasteiger partial charge is 0.193 e. The molecule has 0 radical (unpaired) electrons. The number of hydrogen-bond acceptors (Lipinski definition) is 6. The number of carbonyl (C=O) groups excluding carboxylic acids is 1. The maximum absolute atomic E-state index is 12.1. The lowest BCUT2D eigenvalue weighted by Gasteiger charge is -2.33. The van der Waals surface area contributed by atoms with Gasteiger partial charge in [-0.2, -0.15) is 0 Å². The van der Waals surface area contributed by atoms with Crippen LogP contribution in [-0.4, -0.2) is 64.8 Å². The van der Waals surface area contributed by atoms with Gasteiger partial charge in [-0.15, -0.1) is 0 Å². The Morgan fingerprint density at radius 1 is 1.24 bits per heavy atom. The van der Waals surface area contributed by atoms with Gasteiger partial charge in [0, 0.05) is 6.42 Å². The first-order valence-electron chi connectivity index (χ1n) is 7.66. The van der Waals surface area contributed by atoms with Crippen molar-refractivity contribution in [1.82, 2.24) is 0 Å². The Labute approximate surface area is 122 Å². The van der Waals surface area contributed by atoms with Gasteiger partial charge in [-0.3, -0.25) is 4.79 Å². The van der Waals surface area contributed by atoms with E-state index in [0.29, 0.717) is 6.61 Å². The number of hydrogen-bond donors (Lipinski definition) is 1. The lowest BCUT2D eigenvalue weighted by Crippen LogP contribution is -2.56. The van der Waals surface area contributed by atoms with E-state index in [9.17, 15) is 9.90 Å². The quantitative estimate of drug-likeness (QED) is 0.726. The van der Waals surface area contributed by atoms with Gasteiger partial charge in [-0.05, 0) is 20.8 Å². The van der Waals surface area contributed by atoms with Gasteiger partial charge in [-0.1, -0.05) is 0 Å². The average Bonchev–Trinajstić information content (AvgIpc) is 3.17. The fourth-order valence-electron chi connectivity index (χ4n) is 4.39. The Balaban J connectivity index is 1.38. The molecule has 8 atom stereocenters. The fourth-order valence-corrected chi connectivity index (χ4v) is 4.39. The van der Waals surface area contributed by atoms with Gasteiger partial charge < -0.3 is 24.1 Å². The van der Waals surface area contributed by atoms with Crippen LogP contribution in [0, 0.1) is 5.92 Å². The van der Waals surface area contributed by atoms with E-state index < -0.39 is 23.4 Å². The highest BCUT2D eigenvalue weighted by Gasteiger charge is 2.81. The van der Waals surface area contributed by atoms with Crippen LogP contribution < -0.4 is 0 Å². The summed E-state index contributed by atoms with van der Waals surface area (Å²) < 4.78 is 22.6. The molecule has 5 rings (SSSR count). The van der Waals surface area contributed by atoms with E-state index in [1.807, 2.05) is 6.92 Å². The van der Waals surface area contributed by atoms with Gasteiger partial charge in [0.05, 0.1) is 30.3 Å². The molecule has 6 heteroatoms. The molecule has 1 spiro atoms. The summed E-state index contributed by atoms with van der Waals surface area (Å²) in [4.78, 5) is 12.1. The summed E-state index contributed by atoms with van der Waals surface area (Å²) >= 11 is 0. The molecule has 0 amide bonds. The molecule has 1 saturated carbocycles. The van der Waals surface area contributed by atoms with E-state index in [2.05, 4.69) is 13.8 Å². The fraction of sp³-hybridized carbons (Fsp3) is 0.933. The van der Waals surface area contributed by atoms with Crippen molar-refractivity contribution >= 4 is 5.78 Å². The third-order valence-corrected chi connectivity index (χ3v) is 6.05. The third kappa shape index (κ3) is 1.52. The molecule has 4 unspecified atom stereocenters. The molecular formula is C15H20O6. The molecule has 4 heterocycles. The van der Waals surface area contributed by atoms with Crippen LogP contribution in [-0.2, 0) is 23.7 Å². The Hall–Kier alpha value is -0.530. The zero-order chi connectivity index (χ0) is 14.8. The number of rotatable bonds is 3. The molecule has 0 aromatic heterocycles. The minimum Gasteiger partial charge on any atom is -0.385 e. The van der Waals surface area contributed by atoms with Crippen molar-refractivity contribution in [2.75, 3.05) is 6.61 Å². The topological polar surface area (TPSA) is 87.4 Å². The maximum Gasteiger partial charge on any atom is 0.193 e. The Bertz CT molecular complexity index is 540. The summed E-state index contributed by atoms with van der Waals surface area (Å²) in [7, 11) is 0. The molecule has 1 N–H and O–H groups in total. The van der Waals surface area contributed by atoms with Crippen LogP contribution in [0.2, 0.25) is 0 Å². The molecule has 6 nitrogen and oxygen atoms in total. The predicted molar refractivity (Wildman–Crippen MR) is 68.7 cm³/mol. The number of aliphatic hydroxyl groups excluding tert-OH is 1. The second-order valence-electron chi connectivity index (χ2n) is 7.78. The summed E-state index contributed by atoms with van der Waals surface area (Å²) in [6.07, 6.45) is -0.709. The van der Waals surface area contributed by atoms with Crippen molar-refractivity contribution in [2.45, 2.75) is 74.5 Å². The number of aliphatic hydroxyl groups is 1. The summed E-state index contributed by atoms with van der Waals surface area (Å²) in [6, 6.07) is 0. The van der Waals surface area contributed by atoms with Crippen LogP contribution in [0.3, 0.4) is 0 Å². The second kappa shape index (κ2) is 3.36. The van der Waals surface area contributed by atoms with E-state index in [0.717, 1.165) is 6.42 Å². The van der Waals surface area contributed by atoms with Crippen LogP contribution in [0.15, 0.2) is 0 Å². The molecule has 0 aromatic rings. The normalized spacial score (nSPS) is 62.4. The number of ether oxygens (including phenoxy) is 4. The molecule has 116 valence electrons. The average molecular weight is 296 g/mol. The summed E-state index contributed by atoms with van der Waals surface area (Å²) in [6.45, 7) is 6.63. The molecule has 5 fully saturated rings. The standard InChI is InChI=1S/C15H20O6/c1-13(2)6(20-13)4-7-14(3,21-7)11-9(17)8(16)10-12(19-10)15(11)5-18-15/h6-7,9-12,17H,4-5H2,1-3H3/t6?,7-,9-,10?,11-,12?,14?,15+/m1/s1. The first kappa shape index (κ1) is 13.0. The molecule has 21 heavy (non-hydrogen) atoms. The highest BCUT2D eigenvalue weighted by molar-refractivity contribution is 5.92. The number of Topliss-reactive ketones (excluding diaryl/α,β-unsaturated/α-hetero) is 1. The lowest BCUT2D eigenvalue weighted by atomic mass is 9.69. The van der Waals surface area contributed by atoms with Crippen molar-refractivity contribution in [3.63, 3.8) is 0 Å². The Morgan fingerprint density at radius 2 is 1.90 bits per heavy atom. The van der Waals surface area contributed by atoms with Gasteiger partial charge in [0.1, 0.15) is 29.5 Å². The molecular weight excluding hydrogens is 276 g/mol. The Morgan fingerprint density at radius 3 is 2.48 bits per heavy atom. The van der Waals surface area contributed by atoms with E-state index in [-0.39, 0.29) is 35.6 Å². The minimum absolute atomic E-state index is 0.00750. The molecule has 0 aromatic carbocycles. The molecule has 4 saturated heterocycles. The summed E-state index contributed by atoms with van der Waals surface area (Å²) in [5.41, 5.74) is -1.11. The zero-order valence-electron chi connectivity index (χ0n) is 12.4. The largest absolute Gasteiger partial charge is 0.385 e. The first-order valence-corrected chi connectivity index (χ1v) is 7.66. The van der Waals surface area contributed by atoms with Gasteiger partial charge >= 0.3 is 0 Å². The number of carbonyl (C=O) groups is 1. The van der Waals surface area contributed by atoms with Gasteiger partial charge in [0.25, 0.3) is 0 Å². The molecule has 0 bridgehead atoms. The van der Waals surface area contributed by atoms with Gasteiger partial charge in [0.2, 0.25) is 0 Å². The molecule has 5 aliphatic rings. The van der Waals surface area contributed by atoms with E-state index in [4.69, 9.17) is 18.9 Å². The van der Waals surface area contributed by atoms with Crippen molar-refractivity contribution < 1.29 is 28.8 Å². The highest BCUT2D eigenvalue weighted by atomic mass is 16.7. The minimum atomic E-state index is -1.06. The summed E-state index contributed by atoms with van der Waals surface area (Å²) in [5, 5.41) is 10.4. The van der Waals surface area contributed by atoms with Crippen LogP contribution in [0.25, 0.3) is 0 Å². The monoisotopic (exact) mass is 296 g/mol. The van der Waals surface area contributed by atoms with Crippen LogP contribution in [0.1, 0.15) is 27.2 Å². The molecule has 1 aliphatic carbocycles. The van der Waals surface area contributed by atoms with Crippen molar-refractivity contribution in [3.05, 3.63) is 0 Å². The zero-order valence-corrected chi connectivity index (χ0v) is 12.4. The van der Waals surface area contributed by atoms with Crippen molar-refractivity contribution in [2.24, 2.45) is 5.92 Å². The van der Waals surface area contributed by atoms with E-state index in [1.165, 1.54) is 0 Å². The molecule has 4 aliphatic heterocycles. The van der Waals surface area contributed by atoms with Crippen molar-refractivity contribution in [1.29, 1.82) is 0 Å². The van der Waals surface area contributed by atoms with Crippen LogP contribution in [0.4, 0.5) is 0 Å². The lowest BCUT2D eigenvalue weighted by molar-refractivity contribution is -0.136. The SMILES string of the molecule is CC1(C)OC1C[C@H]1OC1(C)[C@H]1[C@H](O)C(=O)C2OC2[C@]12CO2. The van der Waals surface area contributed by atoms with E-state index in [1.54, 1.807) is 0 Å². The van der Waals surface area contributed by atoms with Crippen LogP contribution >= 0.6 is 0 Å². The number of epoxide rings is 4. The predicted octanol–water partition coefficient (Wildman–Crippen LogP) is -0.192. The maximum atomic E-state index is 12.1. The second-order valence-corrected chi connectivity index (χ2v) is 7.78. The van der Waals surface area contributed by atoms with Crippen molar-refractivity contribution in [3.8, 4) is 0 Å². The summed E-state index contributed by atoms with van der Waals surface area (Å²) in [5.74, 6) is -0.558. The third-order valence-electron chi connectivity index (χ3n) is 6.05. The van der Waals surface area contributed by atoms with Gasteiger partial charge in [-0.25, -0.2) is 0 Å². The van der Waals surface area contributed by atoms with E-state index >= 15 is 0 Å². The number of fused-ring (bicyclic) bond motifs is 2. The Kier molecular flexibility index (Phi) is 2.07. The van der Waals surface area contributed by atoms with Gasteiger partial charge in [0.15, 0.2) is 5.78 Å². The van der Waals surface area contributed by atoms with Crippen LogP contribution in [0.5, 0.6) is 0 Å². The highest BCUT2D eigenvalue weighted by Crippen LogP contribution is 2.63.